The van der Waals surface area contributed by atoms with Gasteiger partial charge in [-0.2, -0.15) is 0 Å². The highest BCUT2D eigenvalue weighted by atomic mass is 16.4. The Balaban J connectivity index is 3.28. The van der Waals surface area contributed by atoms with Crippen LogP contribution in [-0.4, -0.2) is 11.1 Å². The summed E-state index contributed by atoms with van der Waals surface area (Å²) in [6, 6.07) is 0. The first-order chi connectivity index (χ1) is 9.77. The SMILES string of the molecule is CCCCCCC#CCC#CCCCCCCC(=O)O. The van der Waals surface area contributed by atoms with Crippen LogP contribution >= 0.6 is 0 Å². The van der Waals surface area contributed by atoms with Gasteiger partial charge in [-0.15, -0.1) is 11.8 Å². The lowest BCUT2D eigenvalue weighted by Gasteiger charge is -1.95. The normalized spacial score (nSPS) is 9.25. The van der Waals surface area contributed by atoms with E-state index in [-0.39, 0.29) is 0 Å². The number of hydrogen-bond donors (Lipinski definition) is 1. The van der Waals surface area contributed by atoms with E-state index in [9.17, 15) is 4.79 Å². The summed E-state index contributed by atoms with van der Waals surface area (Å²) in [4.78, 5) is 10.3. The van der Waals surface area contributed by atoms with Gasteiger partial charge in [-0.1, -0.05) is 50.9 Å². The van der Waals surface area contributed by atoms with Gasteiger partial charge >= 0.3 is 5.97 Å². The van der Waals surface area contributed by atoms with Gasteiger partial charge in [0.1, 0.15) is 0 Å². The molecule has 0 bridgehead atoms. The second-order valence-electron chi connectivity index (χ2n) is 5.00. The maximum Gasteiger partial charge on any atom is 0.303 e. The molecule has 2 heteroatoms. The van der Waals surface area contributed by atoms with E-state index in [4.69, 9.17) is 5.11 Å². The molecular formula is C18H28O2. The molecule has 0 aliphatic rings. The molecule has 0 aromatic rings. The molecule has 0 aliphatic carbocycles. The molecule has 0 aromatic heterocycles. The average Bonchev–Trinajstić information content (AvgIpc) is 2.43. The van der Waals surface area contributed by atoms with Gasteiger partial charge in [0.05, 0.1) is 6.42 Å². The van der Waals surface area contributed by atoms with Gasteiger partial charge in [0.2, 0.25) is 0 Å². The van der Waals surface area contributed by atoms with Crippen LogP contribution in [0.25, 0.3) is 0 Å². The second-order valence-corrected chi connectivity index (χ2v) is 5.00. The number of carboxylic acid groups (broad SMARTS) is 1. The van der Waals surface area contributed by atoms with Crippen molar-refractivity contribution in [2.24, 2.45) is 0 Å². The third kappa shape index (κ3) is 16.6. The van der Waals surface area contributed by atoms with Crippen LogP contribution in [0.2, 0.25) is 0 Å². The Morgan fingerprint density at radius 3 is 1.90 bits per heavy atom. The van der Waals surface area contributed by atoms with Crippen molar-refractivity contribution in [1.29, 1.82) is 0 Å². The molecule has 0 saturated heterocycles. The molecule has 0 atom stereocenters. The van der Waals surface area contributed by atoms with Crippen LogP contribution in [0.1, 0.15) is 84.0 Å². The van der Waals surface area contributed by atoms with Gasteiger partial charge in [-0.05, 0) is 19.3 Å². The molecule has 0 unspecified atom stereocenters. The maximum absolute atomic E-state index is 10.3. The molecular weight excluding hydrogens is 248 g/mol. The van der Waals surface area contributed by atoms with Crippen LogP contribution in [0.5, 0.6) is 0 Å². The molecule has 0 fully saturated rings. The van der Waals surface area contributed by atoms with Gasteiger partial charge < -0.3 is 5.11 Å². The third-order valence-corrected chi connectivity index (χ3v) is 3.02. The highest BCUT2D eigenvalue weighted by molar-refractivity contribution is 5.66. The van der Waals surface area contributed by atoms with Crippen LogP contribution in [0.15, 0.2) is 0 Å². The number of hydrogen-bond acceptors (Lipinski definition) is 1. The summed E-state index contributed by atoms with van der Waals surface area (Å²) in [6.07, 6.45) is 11.9. The van der Waals surface area contributed by atoms with Gasteiger partial charge in [0.15, 0.2) is 0 Å². The number of carboxylic acids is 1. The molecule has 0 amide bonds. The van der Waals surface area contributed by atoms with Crippen molar-refractivity contribution < 1.29 is 9.90 Å². The van der Waals surface area contributed by atoms with E-state index in [1.54, 1.807) is 0 Å². The summed E-state index contributed by atoms with van der Waals surface area (Å²) >= 11 is 0. The lowest BCUT2D eigenvalue weighted by molar-refractivity contribution is -0.137. The molecule has 1 N–H and O–H groups in total. The van der Waals surface area contributed by atoms with Crippen LogP contribution in [-0.2, 0) is 4.79 Å². The first-order valence-corrected chi connectivity index (χ1v) is 7.90. The quantitative estimate of drug-likeness (QED) is 0.460. The van der Waals surface area contributed by atoms with Crippen molar-refractivity contribution in [2.45, 2.75) is 84.0 Å². The van der Waals surface area contributed by atoms with Crippen molar-refractivity contribution in [3.8, 4) is 23.7 Å². The lowest BCUT2D eigenvalue weighted by Crippen LogP contribution is -1.93. The fourth-order valence-electron chi connectivity index (χ4n) is 1.83. The maximum atomic E-state index is 10.3. The van der Waals surface area contributed by atoms with E-state index >= 15 is 0 Å². The van der Waals surface area contributed by atoms with E-state index in [2.05, 4.69) is 30.6 Å². The molecule has 2 nitrogen and oxygen atoms in total. The summed E-state index contributed by atoms with van der Waals surface area (Å²) in [5, 5.41) is 8.48. The molecule has 0 aliphatic heterocycles. The highest BCUT2D eigenvalue weighted by Crippen LogP contribution is 2.04. The Kier molecular flexibility index (Phi) is 14.5. The third-order valence-electron chi connectivity index (χ3n) is 3.02. The molecule has 0 aromatic carbocycles. The Hall–Kier alpha value is -1.41. The lowest BCUT2D eigenvalue weighted by atomic mass is 10.1. The summed E-state index contributed by atoms with van der Waals surface area (Å²) in [5.74, 6) is 11.8. The minimum absolute atomic E-state index is 0.291. The monoisotopic (exact) mass is 276 g/mol. The van der Waals surface area contributed by atoms with Crippen LogP contribution in [0.4, 0.5) is 0 Å². The van der Waals surface area contributed by atoms with Crippen LogP contribution < -0.4 is 0 Å². The first kappa shape index (κ1) is 18.6. The van der Waals surface area contributed by atoms with Crippen LogP contribution in [0.3, 0.4) is 0 Å². The van der Waals surface area contributed by atoms with Gasteiger partial charge in [-0.25, -0.2) is 0 Å². The predicted molar refractivity (Wildman–Crippen MR) is 84.3 cm³/mol. The van der Waals surface area contributed by atoms with Crippen molar-refractivity contribution in [2.75, 3.05) is 0 Å². The number of unbranched alkanes of at least 4 members (excludes halogenated alkanes) is 8. The molecule has 0 radical (unpaired) electrons. The van der Waals surface area contributed by atoms with E-state index in [0.29, 0.717) is 12.8 Å². The van der Waals surface area contributed by atoms with E-state index < -0.39 is 5.97 Å². The van der Waals surface area contributed by atoms with Crippen LogP contribution in [0, 0.1) is 23.7 Å². The summed E-state index contributed by atoms with van der Waals surface area (Å²) in [5.41, 5.74) is 0. The van der Waals surface area contributed by atoms with E-state index in [1.165, 1.54) is 25.7 Å². The predicted octanol–water partition coefficient (Wildman–Crippen LogP) is 4.78. The topological polar surface area (TPSA) is 37.3 Å². The van der Waals surface area contributed by atoms with Gasteiger partial charge in [0.25, 0.3) is 0 Å². The Morgan fingerprint density at radius 2 is 1.35 bits per heavy atom. The summed E-state index contributed by atoms with van der Waals surface area (Å²) < 4.78 is 0. The van der Waals surface area contributed by atoms with Crippen molar-refractivity contribution in [1.82, 2.24) is 0 Å². The zero-order chi connectivity index (χ0) is 14.9. The number of rotatable bonds is 10. The van der Waals surface area contributed by atoms with Gasteiger partial charge in [0, 0.05) is 19.3 Å². The molecule has 112 valence electrons. The largest absolute Gasteiger partial charge is 0.481 e. The Bertz CT molecular complexity index is 349. The minimum Gasteiger partial charge on any atom is -0.481 e. The number of carbonyl (C=O) groups is 1. The minimum atomic E-state index is -0.696. The second kappa shape index (κ2) is 15.6. The Labute approximate surface area is 124 Å². The molecule has 0 rings (SSSR count). The summed E-state index contributed by atoms with van der Waals surface area (Å²) in [7, 11) is 0. The molecule has 20 heavy (non-hydrogen) atoms. The van der Waals surface area contributed by atoms with E-state index in [0.717, 1.165) is 38.5 Å². The van der Waals surface area contributed by atoms with Crippen molar-refractivity contribution in [3.05, 3.63) is 0 Å². The molecule has 0 saturated carbocycles. The first-order valence-electron chi connectivity index (χ1n) is 7.90. The standard InChI is InChI=1S/C18H28O2/c1-2-3-4-5-6-7-8-9-10-11-12-13-14-15-16-17-18(19)20/h2-6,9,12-17H2,1H3,(H,19,20). The fourth-order valence-corrected chi connectivity index (χ4v) is 1.83. The fraction of sp³-hybridized carbons (Fsp3) is 0.722. The Morgan fingerprint density at radius 1 is 0.800 bits per heavy atom. The van der Waals surface area contributed by atoms with E-state index in [1.807, 2.05) is 0 Å². The average molecular weight is 276 g/mol. The van der Waals surface area contributed by atoms with Crippen molar-refractivity contribution >= 4 is 5.97 Å². The zero-order valence-electron chi connectivity index (χ0n) is 12.8. The number of aliphatic carboxylic acids is 1. The molecule has 0 heterocycles. The van der Waals surface area contributed by atoms with Gasteiger partial charge in [-0.3, -0.25) is 4.79 Å². The zero-order valence-corrected chi connectivity index (χ0v) is 12.8. The van der Waals surface area contributed by atoms with Crippen molar-refractivity contribution in [3.63, 3.8) is 0 Å². The molecule has 0 spiro atoms. The smallest absolute Gasteiger partial charge is 0.303 e. The highest BCUT2D eigenvalue weighted by Gasteiger charge is 1.95. The summed E-state index contributed by atoms with van der Waals surface area (Å²) in [6.45, 7) is 2.22.